The van der Waals surface area contributed by atoms with Crippen LogP contribution in [0.5, 0.6) is 0 Å². The molecule has 124 valence electrons. The van der Waals surface area contributed by atoms with Gasteiger partial charge in [-0.3, -0.25) is 9.59 Å². The van der Waals surface area contributed by atoms with E-state index in [2.05, 4.69) is 10.6 Å². The zero-order chi connectivity index (χ0) is 17.4. The van der Waals surface area contributed by atoms with Crippen LogP contribution >= 0.6 is 11.8 Å². The molecule has 0 radical (unpaired) electrons. The van der Waals surface area contributed by atoms with Crippen LogP contribution in [0.15, 0.2) is 35.2 Å². The van der Waals surface area contributed by atoms with Crippen LogP contribution in [0.3, 0.4) is 0 Å². The second-order valence-corrected chi connectivity index (χ2v) is 6.52. The highest BCUT2D eigenvalue weighted by molar-refractivity contribution is 8.00. The van der Waals surface area contributed by atoms with Gasteiger partial charge in [-0.15, -0.1) is 11.8 Å². The second kappa shape index (κ2) is 6.20. The maximum Gasteiger partial charge on any atom is 0.255 e. The molecule has 0 bridgehead atoms. The van der Waals surface area contributed by atoms with Crippen LogP contribution in [0.2, 0.25) is 0 Å². The van der Waals surface area contributed by atoms with Gasteiger partial charge in [0.15, 0.2) is 17.5 Å². The lowest BCUT2D eigenvalue weighted by atomic mass is 10.1. The fourth-order valence-electron chi connectivity index (χ4n) is 2.17. The monoisotopic (exact) mass is 352 g/mol. The summed E-state index contributed by atoms with van der Waals surface area (Å²) in [6, 6.07) is 6.26. The molecule has 0 unspecified atom stereocenters. The third-order valence-corrected chi connectivity index (χ3v) is 4.63. The first-order valence-electron chi connectivity index (χ1n) is 6.93. The Kier molecular flexibility index (Phi) is 4.23. The van der Waals surface area contributed by atoms with Crippen molar-refractivity contribution >= 4 is 35.0 Å². The van der Waals surface area contributed by atoms with Crippen molar-refractivity contribution < 1.29 is 22.8 Å². The molecule has 0 fully saturated rings. The van der Waals surface area contributed by atoms with Gasteiger partial charge in [0.2, 0.25) is 5.91 Å². The predicted octanol–water partition coefficient (Wildman–Crippen LogP) is 3.79. The molecule has 2 aromatic rings. The molecule has 0 aromatic heterocycles. The Hall–Kier alpha value is -2.48. The summed E-state index contributed by atoms with van der Waals surface area (Å²) in [5.74, 6) is -5.36. The fourth-order valence-corrected chi connectivity index (χ4v) is 3.10. The lowest BCUT2D eigenvalue weighted by Gasteiger charge is -2.21. The highest BCUT2D eigenvalue weighted by Gasteiger charge is 2.24. The number of hydrogen-bond acceptors (Lipinski definition) is 3. The zero-order valence-electron chi connectivity index (χ0n) is 12.3. The number of halogens is 3. The maximum absolute atomic E-state index is 13.6. The normalized spacial score (nSPS) is 16.3. The van der Waals surface area contributed by atoms with Gasteiger partial charge in [0.05, 0.1) is 16.6 Å². The molecule has 1 heterocycles. The summed E-state index contributed by atoms with van der Waals surface area (Å²) in [5, 5.41) is 4.61. The number of carbonyl (C=O) groups excluding carboxylic acids is 2. The Morgan fingerprint density at radius 3 is 2.67 bits per heavy atom. The topological polar surface area (TPSA) is 58.2 Å². The number of amides is 2. The van der Waals surface area contributed by atoms with Gasteiger partial charge in [-0.25, -0.2) is 13.2 Å². The first-order valence-corrected chi connectivity index (χ1v) is 7.81. The van der Waals surface area contributed by atoms with Crippen molar-refractivity contribution in [1.29, 1.82) is 0 Å². The smallest absolute Gasteiger partial charge is 0.255 e. The molecule has 2 N–H and O–H groups in total. The molecule has 0 spiro atoms. The van der Waals surface area contributed by atoms with Crippen molar-refractivity contribution in [3.8, 4) is 0 Å². The Morgan fingerprint density at radius 2 is 1.92 bits per heavy atom. The number of thioether (sulfide) groups is 1. The molecule has 0 saturated carbocycles. The van der Waals surface area contributed by atoms with E-state index in [0.717, 1.165) is 17.0 Å². The van der Waals surface area contributed by atoms with E-state index < -0.39 is 29.0 Å². The summed E-state index contributed by atoms with van der Waals surface area (Å²) < 4.78 is 39.7. The molecule has 3 rings (SSSR count). The van der Waals surface area contributed by atoms with Gasteiger partial charge < -0.3 is 10.6 Å². The lowest BCUT2D eigenvalue weighted by Crippen LogP contribution is -2.26. The van der Waals surface area contributed by atoms with Crippen LogP contribution in [-0.2, 0) is 4.79 Å². The standard InChI is InChI=1S/C16H11F3N2O2S/c1-7-15(22)21-11-6-8(2-5-12(11)24-7)16(23)20-10-4-3-9(17)13(18)14(10)19/h2-7H,1H3,(H,20,23)(H,21,22)/t7-/m0/s1. The largest absolute Gasteiger partial charge is 0.324 e. The number of rotatable bonds is 2. The predicted molar refractivity (Wildman–Crippen MR) is 84.7 cm³/mol. The number of benzene rings is 2. The third-order valence-electron chi connectivity index (χ3n) is 3.46. The molecule has 1 atom stereocenters. The fraction of sp³-hybridized carbons (Fsp3) is 0.125. The van der Waals surface area contributed by atoms with Crippen molar-refractivity contribution in [1.82, 2.24) is 0 Å². The molecule has 8 heteroatoms. The molecule has 2 amide bonds. The molecular formula is C16H11F3N2O2S. The first-order chi connectivity index (χ1) is 11.4. The molecule has 2 aromatic carbocycles. The van der Waals surface area contributed by atoms with Crippen LogP contribution < -0.4 is 10.6 Å². The molecule has 0 aliphatic carbocycles. The summed E-state index contributed by atoms with van der Waals surface area (Å²) in [6.07, 6.45) is 0. The summed E-state index contributed by atoms with van der Waals surface area (Å²) in [7, 11) is 0. The summed E-state index contributed by atoms with van der Waals surface area (Å²) in [4.78, 5) is 24.7. The number of fused-ring (bicyclic) bond motifs is 1. The van der Waals surface area contributed by atoms with E-state index in [9.17, 15) is 22.8 Å². The molecule has 1 aliphatic heterocycles. The van der Waals surface area contributed by atoms with Gasteiger partial charge in [-0.05, 0) is 37.3 Å². The van der Waals surface area contributed by atoms with E-state index >= 15 is 0 Å². The van der Waals surface area contributed by atoms with E-state index in [0.29, 0.717) is 5.69 Å². The van der Waals surface area contributed by atoms with E-state index in [4.69, 9.17) is 0 Å². The second-order valence-electron chi connectivity index (χ2n) is 5.14. The van der Waals surface area contributed by atoms with Crippen molar-refractivity contribution in [2.24, 2.45) is 0 Å². The quantitative estimate of drug-likeness (QED) is 0.809. The van der Waals surface area contributed by atoms with Gasteiger partial charge in [-0.1, -0.05) is 0 Å². The Morgan fingerprint density at radius 1 is 1.17 bits per heavy atom. The summed E-state index contributed by atoms with van der Waals surface area (Å²) in [6.45, 7) is 1.76. The average Bonchev–Trinajstić information content (AvgIpc) is 2.56. The number of hydrogen-bond donors (Lipinski definition) is 2. The van der Waals surface area contributed by atoms with Crippen molar-refractivity contribution in [2.45, 2.75) is 17.1 Å². The molecular weight excluding hydrogens is 341 g/mol. The van der Waals surface area contributed by atoms with Gasteiger partial charge >= 0.3 is 0 Å². The van der Waals surface area contributed by atoms with Gasteiger partial charge in [0.25, 0.3) is 5.91 Å². The number of nitrogens with one attached hydrogen (secondary N) is 2. The summed E-state index contributed by atoms with van der Waals surface area (Å²) in [5.41, 5.74) is 0.151. The van der Waals surface area contributed by atoms with Gasteiger partial charge in [0, 0.05) is 10.5 Å². The van der Waals surface area contributed by atoms with E-state index in [-0.39, 0.29) is 16.7 Å². The number of anilines is 2. The highest BCUT2D eigenvalue weighted by Crippen LogP contribution is 2.36. The minimum absolute atomic E-state index is 0.147. The van der Waals surface area contributed by atoms with E-state index in [1.54, 1.807) is 13.0 Å². The van der Waals surface area contributed by atoms with Gasteiger partial charge in [0.1, 0.15) is 0 Å². The third kappa shape index (κ3) is 2.96. The van der Waals surface area contributed by atoms with Gasteiger partial charge in [-0.2, -0.15) is 0 Å². The summed E-state index contributed by atoms with van der Waals surface area (Å²) >= 11 is 1.36. The Balaban J connectivity index is 1.85. The molecule has 4 nitrogen and oxygen atoms in total. The Bertz CT molecular complexity index is 857. The minimum Gasteiger partial charge on any atom is -0.324 e. The van der Waals surface area contributed by atoms with Crippen molar-refractivity contribution in [3.05, 3.63) is 53.3 Å². The zero-order valence-corrected chi connectivity index (χ0v) is 13.1. The molecule has 24 heavy (non-hydrogen) atoms. The van der Waals surface area contributed by atoms with Crippen molar-refractivity contribution in [2.75, 3.05) is 10.6 Å². The van der Waals surface area contributed by atoms with Crippen LogP contribution in [0.25, 0.3) is 0 Å². The van der Waals surface area contributed by atoms with Crippen LogP contribution in [0, 0.1) is 17.5 Å². The molecule has 1 aliphatic rings. The average molecular weight is 352 g/mol. The van der Waals surface area contributed by atoms with Crippen LogP contribution in [0.1, 0.15) is 17.3 Å². The van der Waals surface area contributed by atoms with E-state index in [1.165, 1.54) is 23.9 Å². The van der Waals surface area contributed by atoms with Crippen LogP contribution in [0.4, 0.5) is 24.5 Å². The Labute approximate surface area is 139 Å². The SMILES string of the molecule is C[C@@H]1Sc2ccc(C(=O)Nc3ccc(F)c(F)c3F)cc2NC1=O. The maximum atomic E-state index is 13.6. The highest BCUT2D eigenvalue weighted by atomic mass is 32.2. The van der Waals surface area contributed by atoms with Crippen molar-refractivity contribution in [3.63, 3.8) is 0 Å². The van der Waals surface area contributed by atoms with E-state index in [1.807, 2.05) is 0 Å². The molecule has 0 saturated heterocycles. The number of carbonyl (C=O) groups is 2. The minimum atomic E-state index is -1.66. The lowest BCUT2D eigenvalue weighted by molar-refractivity contribution is -0.115. The van der Waals surface area contributed by atoms with Crippen LogP contribution in [-0.4, -0.2) is 17.1 Å². The first kappa shape index (κ1) is 16.4.